The Hall–Kier alpha value is -3.71. The maximum Gasteiger partial charge on any atom is 0.263 e. The van der Waals surface area contributed by atoms with Crippen LogP contribution in [0.3, 0.4) is 0 Å². The van der Waals surface area contributed by atoms with Crippen molar-refractivity contribution in [1.82, 2.24) is 14.9 Å². The number of nitrogens with one attached hydrogen (secondary N) is 1. The van der Waals surface area contributed by atoms with Crippen molar-refractivity contribution in [2.45, 2.75) is 32.2 Å². The Morgan fingerprint density at radius 1 is 1.00 bits per heavy atom. The lowest BCUT2D eigenvalue weighted by Gasteiger charge is -2.14. The van der Waals surface area contributed by atoms with E-state index in [0.29, 0.717) is 22.6 Å². The monoisotopic (exact) mass is 472 g/mol. The minimum Gasteiger partial charge on any atom is -0.310 e. The molecule has 0 saturated carbocycles. The van der Waals surface area contributed by atoms with Crippen molar-refractivity contribution < 1.29 is 13.6 Å². The highest BCUT2D eigenvalue weighted by Gasteiger charge is 2.14. The number of halogens is 2. The van der Waals surface area contributed by atoms with Gasteiger partial charge in [0.25, 0.3) is 6.43 Å². The fourth-order valence-electron chi connectivity index (χ4n) is 4.50. The molecule has 2 aromatic carbocycles. The van der Waals surface area contributed by atoms with Crippen LogP contribution >= 0.6 is 0 Å². The number of likely N-dealkylation sites (tertiary alicyclic amines) is 1. The normalized spacial score (nSPS) is 14.0. The molecular formula is C28H26F2N4O. The topological polar surface area (TPSA) is 58.1 Å². The summed E-state index contributed by atoms with van der Waals surface area (Å²) in [5.41, 5.74) is 3.72. The molecule has 3 heterocycles. The van der Waals surface area contributed by atoms with Crippen LogP contribution < -0.4 is 5.32 Å². The molecule has 1 N–H and O–H groups in total. The van der Waals surface area contributed by atoms with Crippen molar-refractivity contribution in [3.8, 4) is 11.3 Å². The highest BCUT2D eigenvalue weighted by Crippen LogP contribution is 2.27. The molecule has 2 aromatic heterocycles. The summed E-state index contributed by atoms with van der Waals surface area (Å²) >= 11 is 0. The lowest BCUT2D eigenvalue weighted by atomic mass is 10.0. The van der Waals surface area contributed by atoms with Gasteiger partial charge in [-0.3, -0.25) is 9.69 Å². The Labute approximate surface area is 202 Å². The van der Waals surface area contributed by atoms with Gasteiger partial charge in [0.05, 0.1) is 17.6 Å². The molecular weight excluding hydrogens is 446 g/mol. The summed E-state index contributed by atoms with van der Waals surface area (Å²) in [6, 6.07) is 19.4. The minimum atomic E-state index is -2.54. The molecule has 0 spiro atoms. The number of carbonyl (C=O) groups is 1. The number of fused-ring (bicyclic) bond motifs is 1. The average molecular weight is 473 g/mol. The van der Waals surface area contributed by atoms with Gasteiger partial charge in [0.2, 0.25) is 5.91 Å². The third-order valence-electron chi connectivity index (χ3n) is 6.29. The van der Waals surface area contributed by atoms with Gasteiger partial charge < -0.3 is 5.32 Å². The predicted molar refractivity (Wildman–Crippen MR) is 133 cm³/mol. The second-order valence-corrected chi connectivity index (χ2v) is 8.87. The lowest BCUT2D eigenvalue weighted by Crippen LogP contribution is -2.19. The van der Waals surface area contributed by atoms with Crippen LogP contribution in [0.5, 0.6) is 0 Å². The SMILES string of the molecule is O=C(Cc1cccc2ccc(-c3cccc(C(F)F)c3)nc12)Nc1ccc(CN2CCCC2)cn1. The number of hydrogen-bond donors (Lipinski definition) is 1. The summed E-state index contributed by atoms with van der Waals surface area (Å²) in [5, 5.41) is 3.75. The Balaban J connectivity index is 1.31. The Morgan fingerprint density at radius 3 is 2.60 bits per heavy atom. The van der Waals surface area contributed by atoms with E-state index in [1.807, 2.05) is 48.7 Å². The van der Waals surface area contributed by atoms with Crippen molar-refractivity contribution in [3.63, 3.8) is 0 Å². The van der Waals surface area contributed by atoms with E-state index in [0.717, 1.165) is 36.1 Å². The first kappa shape index (κ1) is 23.1. The van der Waals surface area contributed by atoms with Crippen LogP contribution in [-0.4, -0.2) is 33.9 Å². The highest BCUT2D eigenvalue weighted by molar-refractivity contribution is 5.95. The number of carbonyl (C=O) groups excluding carboxylic acids is 1. The fourth-order valence-corrected chi connectivity index (χ4v) is 4.50. The fraction of sp³-hybridized carbons (Fsp3) is 0.250. The number of rotatable bonds is 7. The van der Waals surface area contributed by atoms with Crippen molar-refractivity contribution in [1.29, 1.82) is 0 Å². The number of amides is 1. The van der Waals surface area contributed by atoms with Crippen molar-refractivity contribution in [2.75, 3.05) is 18.4 Å². The van der Waals surface area contributed by atoms with Crippen LogP contribution in [0.4, 0.5) is 14.6 Å². The smallest absolute Gasteiger partial charge is 0.263 e. The summed E-state index contributed by atoms with van der Waals surface area (Å²) in [6.45, 7) is 3.12. The van der Waals surface area contributed by atoms with Crippen LogP contribution in [0, 0.1) is 0 Å². The number of hydrogen-bond acceptors (Lipinski definition) is 4. The Bertz CT molecular complexity index is 1330. The summed E-state index contributed by atoms with van der Waals surface area (Å²) in [6.07, 6.45) is 1.88. The average Bonchev–Trinajstić information content (AvgIpc) is 3.38. The molecule has 0 aliphatic carbocycles. The van der Waals surface area contributed by atoms with Crippen LogP contribution in [-0.2, 0) is 17.8 Å². The van der Waals surface area contributed by atoms with Gasteiger partial charge in [-0.05, 0) is 55.3 Å². The first-order valence-electron chi connectivity index (χ1n) is 11.8. The van der Waals surface area contributed by atoms with E-state index in [1.54, 1.807) is 12.1 Å². The number of anilines is 1. The predicted octanol–water partition coefficient (Wildman–Crippen LogP) is 6.01. The van der Waals surface area contributed by atoms with E-state index >= 15 is 0 Å². The molecule has 0 unspecified atom stereocenters. The second-order valence-electron chi connectivity index (χ2n) is 8.87. The van der Waals surface area contributed by atoms with E-state index in [1.165, 1.54) is 25.0 Å². The van der Waals surface area contributed by atoms with Gasteiger partial charge in [-0.25, -0.2) is 18.7 Å². The van der Waals surface area contributed by atoms with Gasteiger partial charge in [-0.1, -0.05) is 48.5 Å². The number of benzene rings is 2. The zero-order chi connectivity index (χ0) is 24.2. The number of nitrogens with zero attached hydrogens (tertiary/aromatic N) is 3. The molecule has 0 bridgehead atoms. The lowest BCUT2D eigenvalue weighted by molar-refractivity contribution is -0.115. The van der Waals surface area contributed by atoms with Gasteiger partial charge in [0, 0.05) is 29.3 Å². The highest BCUT2D eigenvalue weighted by atomic mass is 19.3. The maximum atomic E-state index is 13.1. The molecule has 7 heteroatoms. The zero-order valence-corrected chi connectivity index (χ0v) is 19.3. The molecule has 1 amide bonds. The molecule has 5 rings (SSSR count). The summed E-state index contributed by atoms with van der Waals surface area (Å²) in [4.78, 5) is 24.3. The van der Waals surface area contributed by atoms with Crippen LogP contribution in [0.2, 0.25) is 0 Å². The number of aromatic nitrogens is 2. The number of pyridine rings is 2. The minimum absolute atomic E-state index is 0.0454. The van der Waals surface area contributed by atoms with E-state index in [2.05, 4.69) is 15.2 Å². The number of alkyl halides is 2. The molecule has 0 atom stereocenters. The first-order valence-corrected chi connectivity index (χ1v) is 11.8. The molecule has 1 aliphatic rings. The van der Waals surface area contributed by atoms with Crippen LogP contribution in [0.25, 0.3) is 22.2 Å². The molecule has 35 heavy (non-hydrogen) atoms. The van der Waals surface area contributed by atoms with Crippen molar-refractivity contribution in [3.05, 3.63) is 89.6 Å². The molecule has 178 valence electrons. The standard InChI is InChI=1S/C28H26F2N4O/c29-28(30)23-8-4-6-21(15-23)24-11-10-20-5-3-7-22(27(20)32-24)16-26(35)33-25-12-9-19(17-31-25)18-34-13-1-2-14-34/h3-12,15,17,28H,1-2,13-14,16,18H2,(H,31,33,35). The quantitative estimate of drug-likeness (QED) is 0.358. The van der Waals surface area contributed by atoms with Gasteiger partial charge in [0.1, 0.15) is 5.82 Å². The zero-order valence-electron chi connectivity index (χ0n) is 19.3. The maximum absolute atomic E-state index is 13.1. The number of para-hydroxylation sites is 1. The Morgan fingerprint density at radius 2 is 1.83 bits per heavy atom. The molecule has 1 saturated heterocycles. The van der Waals surface area contributed by atoms with Gasteiger partial charge in [-0.15, -0.1) is 0 Å². The molecule has 1 fully saturated rings. The van der Waals surface area contributed by atoms with E-state index in [4.69, 9.17) is 4.98 Å². The molecule has 1 aliphatic heterocycles. The second kappa shape index (κ2) is 10.3. The summed E-state index contributed by atoms with van der Waals surface area (Å²) in [5.74, 6) is 0.321. The molecule has 4 aromatic rings. The molecule has 0 radical (unpaired) electrons. The van der Waals surface area contributed by atoms with E-state index in [9.17, 15) is 13.6 Å². The summed E-state index contributed by atoms with van der Waals surface area (Å²) < 4.78 is 26.3. The summed E-state index contributed by atoms with van der Waals surface area (Å²) in [7, 11) is 0. The van der Waals surface area contributed by atoms with Crippen LogP contribution in [0.1, 0.15) is 36.0 Å². The van der Waals surface area contributed by atoms with Gasteiger partial charge in [-0.2, -0.15) is 0 Å². The third kappa shape index (κ3) is 5.52. The van der Waals surface area contributed by atoms with Gasteiger partial charge >= 0.3 is 0 Å². The van der Waals surface area contributed by atoms with Crippen LogP contribution in [0.15, 0.2) is 72.9 Å². The van der Waals surface area contributed by atoms with Crippen molar-refractivity contribution >= 4 is 22.6 Å². The molecule has 5 nitrogen and oxygen atoms in total. The van der Waals surface area contributed by atoms with E-state index in [-0.39, 0.29) is 17.9 Å². The van der Waals surface area contributed by atoms with Gasteiger partial charge in [0.15, 0.2) is 0 Å². The largest absolute Gasteiger partial charge is 0.310 e. The Kier molecular flexibility index (Phi) is 6.77. The third-order valence-corrected chi connectivity index (χ3v) is 6.29. The van der Waals surface area contributed by atoms with E-state index < -0.39 is 6.43 Å². The van der Waals surface area contributed by atoms with Crippen molar-refractivity contribution in [2.24, 2.45) is 0 Å². The first-order chi connectivity index (χ1) is 17.0.